The molecule has 0 aliphatic carbocycles. The molecule has 96 valence electrons. The summed E-state index contributed by atoms with van der Waals surface area (Å²) in [4.78, 5) is 16.5. The molecule has 18 heavy (non-hydrogen) atoms. The molecule has 2 aliphatic rings. The molecule has 0 aromatic heterocycles. The molecular formula is C14H19N3O. The molecule has 0 bridgehead atoms. The lowest BCUT2D eigenvalue weighted by Gasteiger charge is -2.26. The van der Waals surface area contributed by atoms with Crippen LogP contribution in [0.2, 0.25) is 0 Å². The van der Waals surface area contributed by atoms with E-state index < -0.39 is 0 Å². The lowest BCUT2D eigenvalue weighted by atomic mass is 10.1. The molecule has 2 heterocycles. The molecule has 1 aromatic carbocycles. The summed E-state index contributed by atoms with van der Waals surface area (Å²) in [5, 5.41) is 3.29. The van der Waals surface area contributed by atoms with Gasteiger partial charge in [-0.25, -0.2) is 0 Å². The molecule has 2 saturated heterocycles. The van der Waals surface area contributed by atoms with Gasteiger partial charge in [0.05, 0.1) is 6.67 Å². The van der Waals surface area contributed by atoms with Gasteiger partial charge in [0.25, 0.3) is 0 Å². The molecule has 1 aromatic rings. The zero-order valence-electron chi connectivity index (χ0n) is 10.7. The number of carbonyl (C=O) groups is 1. The molecule has 4 nitrogen and oxygen atoms in total. The smallest absolute Gasteiger partial charge is 0.246 e. The fourth-order valence-electron chi connectivity index (χ4n) is 2.71. The van der Waals surface area contributed by atoms with Crippen molar-refractivity contribution < 1.29 is 4.79 Å². The molecule has 1 N–H and O–H groups in total. The Balaban J connectivity index is 1.81. The van der Waals surface area contributed by atoms with Crippen LogP contribution in [0.3, 0.4) is 0 Å². The number of anilines is 1. The lowest BCUT2D eigenvalue weighted by molar-refractivity contribution is -0.119. The van der Waals surface area contributed by atoms with E-state index in [9.17, 15) is 4.79 Å². The van der Waals surface area contributed by atoms with Crippen molar-refractivity contribution >= 4 is 11.6 Å². The number of aryl methyl sites for hydroxylation is 1. The number of fused-ring (bicyclic) bond motifs is 1. The molecule has 1 unspecified atom stereocenters. The number of benzene rings is 1. The van der Waals surface area contributed by atoms with Gasteiger partial charge in [-0.15, -0.1) is 0 Å². The number of piperazine rings is 1. The fraction of sp³-hybridized carbons (Fsp3) is 0.500. The first-order chi connectivity index (χ1) is 8.79. The van der Waals surface area contributed by atoms with Crippen LogP contribution in [0.1, 0.15) is 12.5 Å². The van der Waals surface area contributed by atoms with Gasteiger partial charge in [-0.2, -0.15) is 0 Å². The van der Waals surface area contributed by atoms with Crippen LogP contribution in [0, 0.1) is 0 Å². The number of nitrogens with zero attached hydrogens (tertiary/aromatic N) is 2. The van der Waals surface area contributed by atoms with Crippen molar-refractivity contribution in [1.82, 2.24) is 10.2 Å². The predicted octanol–water partition coefficient (Wildman–Crippen LogP) is 0.827. The van der Waals surface area contributed by atoms with E-state index in [2.05, 4.69) is 41.4 Å². The van der Waals surface area contributed by atoms with Crippen molar-refractivity contribution in [3.8, 4) is 0 Å². The summed E-state index contributed by atoms with van der Waals surface area (Å²) in [6.07, 6.45) is 1.03. The number of hydrogen-bond acceptors (Lipinski definition) is 3. The normalized spacial score (nSPS) is 24.4. The zero-order chi connectivity index (χ0) is 12.5. The highest BCUT2D eigenvalue weighted by Gasteiger charge is 2.39. The standard InChI is InChI=1S/C14H19N3O/c1-2-11-3-5-12(6-4-11)17-10-16-8-7-15-9-13(16)14(17)18/h3-6,13,15H,2,7-10H2,1H3. The van der Waals surface area contributed by atoms with Gasteiger partial charge in [-0.05, 0) is 24.1 Å². The predicted molar refractivity (Wildman–Crippen MR) is 71.5 cm³/mol. The number of nitrogens with one attached hydrogen (secondary N) is 1. The van der Waals surface area contributed by atoms with Gasteiger partial charge in [0.1, 0.15) is 6.04 Å². The third kappa shape index (κ3) is 1.91. The maximum atomic E-state index is 12.3. The Hall–Kier alpha value is -1.39. The average Bonchev–Trinajstić information content (AvgIpc) is 2.77. The van der Waals surface area contributed by atoms with Gasteiger partial charge in [-0.3, -0.25) is 14.6 Å². The Morgan fingerprint density at radius 1 is 1.33 bits per heavy atom. The van der Waals surface area contributed by atoms with E-state index in [-0.39, 0.29) is 11.9 Å². The third-order valence-electron chi connectivity index (χ3n) is 3.88. The van der Waals surface area contributed by atoms with Crippen molar-refractivity contribution in [2.45, 2.75) is 19.4 Å². The molecule has 0 radical (unpaired) electrons. The summed E-state index contributed by atoms with van der Waals surface area (Å²) < 4.78 is 0. The Bertz CT molecular complexity index is 443. The highest BCUT2D eigenvalue weighted by atomic mass is 16.2. The lowest BCUT2D eigenvalue weighted by Crippen LogP contribution is -2.50. The van der Waals surface area contributed by atoms with E-state index in [0.717, 1.165) is 38.4 Å². The summed E-state index contributed by atoms with van der Waals surface area (Å²) in [6.45, 7) is 5.59. The Morgan fingerprint density at radius 2 is 2.11 bits per heavy atom. The maximum Gasteiger partial charge on any atom is 0.246 e. The maximum absolute atomic E-state index is 12.3. The number of hydrogen-bond donors (Lipinski definition) is 1. The molecule has 1 atom stereocenters. The number of amides is 1. The van der Waals surface area contributed by atoms with E-state index in [1.54, 1.807) is 0 Å². The van der Waals surface area contributed by atoms with Gasteiger partial charge in [0.2, 0.25) is 5.91 Å². The highest BCUT2D eigenvalue weighted by Crippen LogP contribution is 2.24. The second-order valence-electron chi connectivity index (χ2n) is 4.96. The minimum absolute atomic E-state index is 0.0320. The summed E-state index contributed by atoms with van der Waals surface area (Å²) >= 11 is 0. The van der Waals surface area contributed by atoms with Crippen molar-refractivity contribution in [2.75, 3.05) is 31.2 Å². The van der Waals surface area contributed by atoms with Crippen LogP contribution in [0.4, 0.5) is 5.69 Å². The molecular weight excluding hydrogens is 226 g/mol. The largest absolute Gasteiger partial charge is 0.313 e. The quantitative estimate of drug-likeness (QED) is 0.838. The van der Waals surface area contributed by atoms with Crippen molar-refractivity contribution in [2.24, 2.45) is 0 Å². The van der Waals surface area contributed by atoms with Crippen LogP contribution < -0.4 is 10.2 Å². The van der Waals surface area contributed by atoms with Gasteiger partial charge in [0, 0.05) is 25.3 Å². The van der Waals surface area contributed by atoms with E-state index in [1.807, 2.05) is 4.90 Å². The summed E-state index contributed by atoms with van der Waals surface area (Å²) in [6, 6.07) is 8.37. The second kappa shape index (κ2) is 4.71. The zero-order valence-corrected chi connectivity index (χ0v) is 10.7. The van der Waals surface area contributed by atoms with E-state index in [0.29, 0.717) is 0 Å². The Labute approximate surface area is 108 Å². The minimum atomic E-state index is 0.0320. The Morgan fingerprint density at radius 3 is 2.78 bits per heavy atom. The van der Waals surface area contributed by atoms with E-state index in [4.69, 9.17) is 0 Å². The number of carbonyl (C=O) groups excluding carboxylic acids is 1. The second-order valence-corrected chi connectivity index (χ2v) is 4.96. The van der Waals surface area contributed by atoms with Crippen molar-refractivity contribution in [3.63, 3.8) is 0 Å². The fourth-order valence-corrected chi connectivity index (χ4v) is 2.71. The summed E-state index contributed by atoms with van der Waals surface area (Å²) in [5.41, 5.74) is 2.33. The van der Waals surface area contributed by atoms with Gasteiger partial charge in [-0.1, -0.05) is 19.1 Å². The molecule has 2 aliphatic heterocycles. The summed E-state index contributed by atoms with van der Waals surface area (Å²) in [5.74, 6) is 0.228. The van der Waals surface area contributed by atoms with Crippen LogP contribution in [-0.4, -0.2) is 43.2 Å². The Kier molecular flexibility index (Phi) is 3.06. The van der Waals surface area contributed by atoms with Crippen molar-refractivity contribution in [1.29, 1.82) is 0 Å². The molecule has 0 saturated carbocycles. The van der Waals surface area contributed by atoms with Crippen LogP contribution in [0.15, 0.2) is 24.3 Å². The van der Waals surface area contributed by atoms with Crippen LogP contribution in [0.5, 0.6) is 0 Å². The first-order valence-electron chi connectivity index (χ1n) is 6.64. The molecule has 3 rings (SSSR count). The van der Waals surface area contributed by atoms with Gasteiger partial charge < -0.3 is 5.32 Å². The average molecular weight is 245 g/mol. The van der Waals surface area contributed by atoms with Gasteiger partial charge >= 0.3 is 0 Å². The third-order valence-corrected chi connectivity index (χ3v) is 3.88. The van der Waals surface area contributed by atoms with E-state index >= 15 is 0 Å². The topological polar surface area (TPSA) is 35.6 Å². The van der Waals surface area contributed by atoms with Crippen LogP contribution >= 0.6 is 0 Å². The number of rotatable bonds is 2. The SMILES string of the molecule is CCc1ccc(N2CN3CCNCC3C2=O)cc1. The van der Waals surface area contributed by atoms with Crippen molar-refractivity contribution in [3.05, 3.63) is 29.8 Å². The summed E-state index contributed by atoms with van der Waals surface area (Å²) in [7, 11) is 0. The monoisotopic (exact) mass is 245 g/mol. The molecule has 4 heteroatoms. The van der Waals surface area contributed by atoms with E-state index in [1.165, 1.54) is 5.56 Å². The minimum Gasteiger partial charge on any atom is -0.313 e. The molecule has 1 amide bonds. The van der Waals surface area contributed by atoms with Crippen LogP contribution in [0.25, 0.3) is 0 Å². The highest BCUT2D eigenvalue weighted by molar-refractivity contribution is 5.99. The van der Waals surface area contributed by atoms with Gasteiger partial charge in [0.15, 0.2) is 0 Å². The molecule has 2 fully saturated rings. The first kappa shape index (κ1) is 11.7. The molecule has 0 spiro atoms. The van der Waals surface area contributed by atoms with Crippen LogP contribution in [-0.2, 0) is 11.2 Å². The first-order valence-corrected chi connectivity index (χ1v) is 6.64.